The largest absolute Gasteiger partial charge is 0.317 e. The predicted octanol–water partition coefficient (Wildman–Crippen LogP) is 3.46. The Balaban J connectivity index is 1.94. The third-order valence-electron chi connectivity index (χ3n) is 4.09. The number of benzene rings is 1. The van der Waals surface area contributed by atoms with Gasteiger partial charge in [-0.05, 0) is 62.4 Å². The van der Waals surface area contributed by atoms with Crippen LogP contribution in [-0.4, -0.2) is 31.1 Å². The molecule has 0 bridgehead atoms. The van der Waals surface area contributed by atoms with Crippen LogP contribution in [0.4, 0.5) is 0 Å². The highest BCUT2D eigenvalue weighted by Crippen LogP contribution is 2.30. The molecule has 20 heavy (non-hydrogen) atoms. The summed E-state index contributed by atoms with van der Waals surface area (Å²) in [5.74, 6) is 0.982. The first-order chi connectivity index (χ1) is 9.83. The van der Waals surface area contributed by atoms with Crippen molar-refractivity contribution < 1.29 is 0 Å². The topological polar surface area (TPSA) is 15.3 Å². The van der Waals surface area contributed by atoms with Gasteiger partial charge in [0, 0.05) is 13.1 Å². The van der Waals surface area contributed by atoms with Crippen LogP contribution < -0.4 is 5.32 Å². The molecular weight excluding hydrogens is 244 g/mol. The molecule has 1 N–H and O–H groups in total. The van der Waals surface area contributed by atoms with Crippen molar-refractivity contribution in [3.8, 4) is 0 Å². The number of hydrogen-bond acceptors (Lipinski definition) is 2. The molecule has 0 unspecified atom stereocenters. The number of nitrogens with one attached hydrogen (secondary N) is 1. The third kappa shape index (κ3) is 5.26. The molecule has 112 valence electrons. The minimum atomic E-state index is 0.982. The van der Waals surface area contributed by atoms with Gasteiger partial charge in [0.25, 0.3) is 0 Å². The molecule has 0 saturated heterocycles. The molecule has 0 spiro atoms. The fourth-order valence-corrected chi connectivity index (χ4v) is 2.81. The lowest BCUT2D eigenvalue weighted by molar-refractivity contribution is 0.254. The van der Waals surface area contributed by atoms with Crippen LogP contribution in [0, 0.1) is 5.92 Å². The second kappa shape index (κ2) is 8.43. The molecule has 0 amide bonds. The lowest BCUT2D eigenvalue weighted by Crippen LogP contribution is -2.27. The smallest absolute Gasteiger partial charge is 0.0236 e. The summed E-state index contributed by atoms with van der Waals surface area (Å²) in [4.78, 5) is 2.66. The Labute approximate surface area is 124 Å². The Hall–Kier alpha value is -0.860. The molecule has 0 atom stereocenters. The Morgan fingerprint density at radius 2 is 1.90 bits per heavy atom. The van der Waals surface area contributed by atoms with E-state index in [1.54, 1.807) is 0 Å². The lowest BCUT2D eigenvalue weighted by atomic mass is 10.0. The zero-order valence-electron chi connectivity index (χ0n) is 13.2. The van der Waals surface area contributed by atoms with Crippen LogP contribution in [0.25, 0.3) is 0 Å². The average molecular weight is 274 g/mol. The second-order valence-electron chi connectivity index (χ2n) is 6.05. The zero-order valence-corrected chi connectivity index (χ0v) is 13.2. The van der Waals surface area contributed by atoms with Gasteiger partial charge in [-0.2, -0.15) is 0 Å². The van der Waals surface area contributed by atoms with E-state index < -0.39 is 0 Å². The van der Waals surface area contributed by atoms with Crippen molar-refractivity contribution in [1.29, 1.82) is 0 Å². The van der Waals surface area contributed by atoms with Crippen molar-refractivity contribution in [3.05, 3.63) is 35.4 Å². The van der Waals surface area contributed by atoms with Crippen molar-refractivity contribution in [2.24, 2.45) is 5.92 Å². The zero-order chi connectivity index (χ0) is 14.2. The van der Waals surface area contributed by atoms with E-state index >= 15 is 0 Å². The highest BCUT2D eigenvalue weighted by Gasteiger charge is 2.24. The summed E-state index contributed by atoms with van der Waals surface area (Å²) in [5.41, 5.74) is 3.05. The maximum Gasteiger partial charge on any atom is 0.0236 e. The van der Waals surface area contributed by atoms with E-state index in [0.29, 0.717) is 0 Å². The Morgan fingerprint density at radius 1 is 1.15 bits per heavy atom. The van der Waals surface area contributed by atoms with Gasteiger partial charge < -0.3 is 5.32 Å². The van der Waals surface area contributed by atoms with Crippen LogP contribution in [-0.2, 0) is 13.0 Å². The number of rotatable bonds is 10. The van der Waals surface area contributed by atoms with Crippen molar-refractivity contribution in [2.45, 2.75) is 46.1 Å². The summed E-state index contributed by atoms with van der Waals surface area (Å²) in [7, 11) is 0. The molecular formula is C18H30N2. The van der Waals surface area contributed by atoms with Gasteiger partial charge in [0.15, 0.2) is 0 Å². The molecule has 0 aliphatic heterocycles. The van der Waals surface area contributed by atoms with E-state index in [1.807, 2.05) is 0 Å². The van der Waals surface area contributed by atoms with Crippen molar-refractivity contribution >= 4 is 0 Å². The van der Waals surface area contributed by atoms with Gasteiger partial charge in [-0.1, -0.05) is 38.1 Å². The van der Waals surface area contributed by atoms with Crippen LogP contribution in [0.15, 0.2) is 24.3 Å². The van der Waals surface area contributed by atoms with Crippen LogP contribution in [0.3, 0.4) is 0 Å². The highest BCUT2D eigenvalue weighted by molar-refractivity contribution is 5.27. The lowest BCUT2D eigenvalue weighted by Gasteiger charge is -2.23. The number of nitrogens with zero attached hydrogens (tertiary/aromatic N) is 1. The van der Waals surface area contributed by atoms with Crippen molar-refractivity contribution in [1.82, 2.24) is 10.2 Å². The first-order valence-electron chi connectivity index (χ1n) is 8.33. The van der Waals surface area contributed by atoms with Gasteiger partial charge in [-0.3, -0.25) is 4.90 Å². The van der Waals surface area contributed by atoms with E-state index in [0.717, 1.165) is 32.0 Å². The third-order valence-corrected chi connectivity index (χ3v) is 4.09. The summed E-state index contributed by atoms with van der Waals surface area (Å²) < 4.78 is 0. The van der Waals surface area contributed by atoms with Crippen LogP contribution >= 0.6 is 0 Å². The fourth-order valence-electron chi connectivity index (χ4n) is 2.81. The molecule has 1 aromatic carbocycles. The summed E-state index contributed by atoms with van der Waals surface area (Å²) in [6.07, 6.45) is 5.30. The molecule has 1 aliphatic rings. The molecule has 1 fully saturated rings. The normalized spacial score (nSPS) is 14.9. The summed E-state index contributed by atoms with van der Waals surface area (Å²) in [6, 6.07) is 8.98. The summed E-state index contributed by atoms with van der Waals surface area (Å²) in [6.45, 7) is 10.3. The molecule has 0 heterocycles. The minimum Gasteiger partial charge on any atom is -0.317 e. The van der Waals surface area contributed by atoms with Gasteiger partial charge in [0.2, 0.25) is 0 Å². The fraction of sp³-hybridized carbons (Fsp3) is 0.667. The molecule has 2 nitrogen and oxygen atoms in total. The van der Waals surface area contributed by atoms with Gasteiger partial charge in [-0.15, -0.1) is 0 Å². The van der Waals surface area contributed by atoms with Crippen molar-refractivity contribution in [3.63, 3.8) is 0 Å². The van der Waals surface area contributed by atoms with Crippen molar-refractivity contribution in [2.75, 3.05) is 26.2 Å². The maximum atomic E-state index is 3.43. The highest BCUT2D eigenvalue weighted by atomic mass is 15.1. The van der Waals surface area contributed by atoms with E-state index in [9.17, 15) is 0 Å². The molecule has 2 rings (SSSR count). The van der Waals surface area contributed by atoms with Gasteiger partial charge in [0.1, 0.15) is 0 Å². The van der Waals surface area contributed by atoms with E-state index in [-0.39, 0.29) is 0 Å². The summed E-state index contributed by atoms with van der Waals surface area (Å²) in [5, 5.41) is 3.43. The molecule has 0 aromatic heterocycles. The van der Waals surface area contributed by atoms with Crippen LogP contribution in [0.1, 0.15) is 44.2 Å². The van der Waals surface area contributed by atoms with Gasteiger partial charge in [0.05, 0.1) is 0 Å². The average Bonchev–Trinajstić information content (AvgIpc) is 3.25. The van der Waals surface area contributed by atoms with Gasteiger partial charge in [-0.25, -0.2) is 0 Å². The standard InChI is InChI=1S/C18H30N2/c1-3-13-20(14-16-9-10-16)15-18-8-6-5-7-17(18)11-12-19-4-2/h5-8,16,19H,3-4,9-15H2,1-2H3. The number of hydrogen-bond donors (Lipinski definition) is 1. The van der Waals surface area contributed by atoms with Crippen LogP contribution in [0.2, 0.25) is 0 Å². The van der Waals surface area contributed by atoms with E-state index in [1.165, 1.54) is 43.5 Å². The second-order valence-corrected chi connectivity index (χ2v) is 6.05. The predicted molar refractivity (Wildman–Crippen MR) is 87.0 cm³/mol. The molecule has 1 aromatic rings. The Kier molecular flexibility index (Phi) is 6.55. The quantitative estimate of drug-likeness (QED) is 0.657. The Bertz CT molecular complexity index is 385. The Morgan fingerprint density at radius 3 is 2.55 bits per heavy atom. The summed E-state index contributed by atoms with van der Waals surface area (Å²) >= 11 is 0. The molecule has 2 heteroatoms. The monoisotopic (exact) mass is 274 g/mol. The SMILES string of the molecule is CCCN(Cc1ccccc1CCNCC)CC1CC1. The maximum absolute atomic E-state index is 3.43. The molecule has 0 radical (unpaired) electrons. The number of likely N-dealkylation sites (N-methyl/N-ethyl adjacent to an activating group) is 1. The molecule has 1 aliphatic carbocycles. The van der Waals surface area contributed by atoms with E-state index in [4.69, 9.17) is 0 Å². The first-order valence-corrected chi connectivity index (χ1v) is 8.33. The minimum absolute atomic E-state index is 0.982. The van der Waals surface area contributed by atoms with Gasteiger partial charge >= 0.3 is 0 Å². The molecule has 1 saturated carbocycles. The first kappa shape index (κ1) is 15.5. The van der Waals surface area contributed by atoms with E-state index in [2.05, 4.69) is 48.3 Å². The van der Waals surface area contributed by atoms with Crippen LogP contribution in [0.5, 0.6) is 0 Å².